The minimum absolute atomic E-state index is 0.0545. The molecule has 0 bridgehead atoms. The van der Waals surface area contributed by atoms with Gasteiger partial charge in [0.15, 0.2) is 5.52 Å². The molecule has 0 amide bonds. The predicted molar refractivity (Wildman–Crippen MR) is 99.3 cm³/mol. The van der Waals surface area contributed by atoms with Gasteiger partial charge < -0.3 is 0 Å². The van der Waals surface area contributed by atoms with Crippen LogP contribution in [0.15, 0.2) is 96.1 Å². The van der Waals surface area contributed by atoms with Gasteiger partial charge in [0, 0.05) is 5.39 Å². The lowest BCUT2D eigenvalue weighted by Crippen LogP contribution is -2.50. The lowest BCUT2D eigenvalue weighted by Gasteiger charge is -2.04. The predicted octanol–water partition coefficient (Wildman–Crippen LogP) is 3.83. The van der Waals surface area contributed by atoms with Gasteiger partial charge >= 0.3 is 5.69 Å². The molecule has 2 heterocycles. The zero-order valence-electron chi connectivity index (χ0n) is 13.5. The molecule has 3 nitrogen and oxygen atoms in total. The van der Waals surface area contributed by atoms with Gasteiger partial charge in [-0.15, -0.1) is 0 Å². The van der Waals surface area contributed by atoms with Crippen LogP contribution in [0.25, 0.3) is 33.1 Å². The Labute approximate surface area is 144 Å². The fourth-order valence-electron chi connectivity index (χ4n) is 3.43. The summed E-state index contributed by atoms with van der Waals surface area (Å²) in [6.45, 7) is 0. The number of nitrogens with zero attached hydrogens (tertiary/aromatic N) is 2. The van der Waals surface area contributed by atoms with E-state index < -0.39 is 0 Å². The lowest BCUT2D eigenvalue weighted by molar-refractivity contribution is -0.614. The number of para-hydroxylation sites is 1. The van der Waals surface area contributed by atoms with Gasteiger partial charge in [0.2, 0.25) is 0 Å². The van der Waals surface area contributed by atoms with Crippen LogP contribution in [0.3, 0.4) is 0 Å². The van der Waals surface area contributed by atoms with Crippen molar-refractivity contribution in [3.63, 3.8) is 0 Å². The van der Waals surface area contributed by atoms with E-state index in [4.69, 9.17) is 0 Å². The van der Waals surface area contributed by atoms with Gasteiger partial charge in [-0.2, -0.15) is 13.8 Å². The quantitative estimate of drug-likeness (QED) is 0.453. The van der Waals surface area contributed by atoms with E-state index in [-0.39, 0.29) is 5.69 Å². The van der Waals surface area contributed by atoms with E-state index in [2.05, 4.69) is 24.3 Å². The van der Waals surface area contributed by atoms with E-state index in [1.54, 1.807) is 8.97 Å². The third-order valence-corrected chi connectivity index (χ3v) is 4.68. The number of aromatic nitrogens is 2. The minimum atomic E-state index is -0.0545. The van der Waals surface area contributed by atoms with Crippen molar-refractivity contribution in [3.05, 3.63) is 102 Å². The van der Waals surface area contributed by atoms with E-state index in [0.717, 1.165) is 27.5 Å². The van der Waals surface area contributed by atoms with Gasteiger partial charge in [-0.3, -0.25) is 0 Å². The fraction of sp³-hybridized carbons (Fsp3) is 0. The molecule has 118 valence electrons. The van der Waals surface area contributed by atoms with Crippen LogP contribution >= 0.6 is 0 Å². The van der Waals surface area contributed by atoms with Crippen molar-refractivity contribution >= 4 is 16.3 Å². The van der Waals surface area contributed by atoms with Crippen LogP contribution in [0.5, 0.6) is 0 Å². The Morgan fingerprint density at radius 2 is 1.40 bits per heavy atom. The zero-order valence-corrected chi connectivity index (χ0v) is 13.5. The van der Waals surface area contributed by atoms with Crippen molar-refractivity contribution in [1.82, 2.24) is 4.40 Å². The molecule has 0 saturated carbocycles. The molecule has 0 saturated heterocycles. The Balaban J connectivity index is 1.68. The average Bonchev–Trinajstić information content (AvgIpc) is 3.11. The summed E-state index contributed by atoms with van der Waals surface area (Å²) < 4.78 is 3.42. The minimum Gasteiger partial charge on any atom is -0.196 e. The summed E-state index contributed by atoms with van der Waals surface area (Å²) >= 11 is 0. The van der Waals surface area contributed by atoms with Crippen LogP contribution in [0.1, 0.15) is 0 Å². The Bertz CT molecular complexity index is 1240. The van der Waals surface area contributed by atoms with Gasteiger partial charge in [0.1, 0.15) is 18.1 Å². The molecular weight excluding hydrogens is 308 g/mol. The van der Waals surface area contributed by atoms with Crippen molar-refractivity contribution < 1.29 is 4.57 Å². The highest BCUT2D eigenvalue weighted by molar-refractivity contribution is 5.95. The number of hydrogen-bond donors (Lipinski definition) is 0. The summed E-state index contributed by atoms with van der Waals surface area (Å²) in [5, 5.41) is 2.13. The largest absolute Gasteiger partial charge is 0.508 e. The van der Waals surface area contributed by atoms with Crippen molar-refractivity contribution in [2.24, 2.45) is 0 Å². The summed E-state index contributed by atoms with van der Waals surface area (Å²) in [5.41, 5.74) is 4.09. The first-order chi connectivity index (χ1) is 12.3. The van der Waals surface area contributed by atoms with Crippen LogP contribution in [-0.4, -0.2) is 4.40 Å². The van der Waals surface area contributed by atoms with Crippen molar-refractivity contribution in [3.8, 4) is 16.8 Å². The normalized spacial score (nSPS) is 11.4. The number of hydrogen-bond acceptors (Lipinski definition) is 1. The standard InChI is InChI=1S/C22H15N2O/c25-22-23-14-13-18-7-4-8-19(21(18)23)15-24(22)20-11-9-17(10-12-20)16-5-2-1-3-6-16/h1-15H/q+1. The van der Waals surface area contributed by atoms with E-state index in [1.165, 1.54) is 5.56 Å². The molecular formula is C22H15N2O+. The third-order valence-electron chi connectivity index (χ3n) is 4.68. The molecule has 0 fully saturated rings. The highest BCUT2D eigenvalue weighted by atomic mass is 16.1. The van der Waals surface area contributed by atoms with Crippen LogP contribution in [0, 0.1) is 0 Å². The number of benzene rings is 3. The Morgan fingerprint density at radius 3 is 2.20 bits per heavy atom. The Kier molecular flexibility index (Phi) is 2.94. The molecule has 2 aromatic heterocycles. The fourth-order valence-corrected chi connectivity index (χ4v) is 3.43. The average molecular weight is 323 g/mol. The van der Waals surface area contributed by atoms with Crippen LogP contribution in [-0.2, 0) is 0 Å². The van der Waals surface area contributed by atoms with Crippen molar-refractivity contribution in [2.75, 3.05) is 0 Å². The maximum absolute atomic E-state index is 12.9. The topological polar surface area (TPSA) is 25.4 Å². The van der Waals surface area contributed by atoms with Gasteiger partial charge in [-0.05, 0) is 35.4 Å². The molecule has 0 radical (unpaired) electrons. The first-order valence-electron chi connectivity index (χ1n) is 8.25. The Hall–Kier alpha value is -3.46. The molecule has 25 heavy (non-hydrogen) atoms. The molecule has 0 spiro atoms. The van der Waals surface area contributed by atoms with Crippen molar-refractivity contribution in [1.29, 1.82) is 0 Å². The molecule has 3 aromatic carbocycles. The van der Waals surface area contributed by atoms with E-state index in [9.17, 15) is 4.79 Å². The molecule has 0 aliphatic heterocycles. The second kappa shape index (κ2) is 5.28. The Morgan fingerprint density at radius 1 is 0.680 bits per heavy atom. The second-order valence-corrected chi connectivity index (χ2v) is 6.17. The molecule has 3 heteroatoms. The summed E-state index contributed by atoms with van der Waals surface area (Å²) in [5.74, 6) is 0. The lowest BCUT2D eigenvalue weighted by atomic mass is 10.1. The molecule has 5 aromatic rings. The SMILES string of the molecule is O=c1n2ccc3cccc(c[n+]1-c1ccc(-c4ccccc4)cc1)c32. The summed E-state index contributed by atoms with van der Waals surface area (Å²) in [7, 11) is 0. The highest BCUT2D eigenvalue weighted by Crippen LogP contribution is 2.21. The third kappa shape index (κ3) is 2.13. The summed E-state index contributed by atoms with van der Waals surface area (Å²) in [4.78, 5) is 12.9. The summed E-state index contributed by atoms with van der Waals surface area (Å²) in [6.07, 6.45) is 3.76. The molecule has 5 rings (SSSR count). The molecule has 0 unspecified atom stereocenters. The maximum atomic E-state index is 12.9. The van der Waals surface area contributed by atoms with Gasteiger partial charge in [-0.25, -0.2) is 0 Å². The van der Waals surface area contributed by atoms with Crippen LogP contribution in [0.2, 0.25) is 0 Å². The van der Waals surface area contributed by atoms with Gasteiger partial charge in [0.05, 0.1) is 5.39 Å². The number of rotatable bonds is 2. The molecule has 0 N–H and O–H groups in total. The van der Waals surface area contributed by atoms with Gasteiger partial charge in [-0.1, -0.05) is 54.6 Å². The highest BCUT2D eigenvalue weighted by Gasteiger charge is 2.17. The van der Waals surface area contributed by atoms with E-state index >= 15 is 0 Å². The molecule has 0 atom stereocenters. The first-order valence-corrected chi connectivity index (χ1v) is 8.25. The molecule has 0 aliphatic carbocycles. The van der Waals surface area contributed by atoms with Crippen LogP contribution in [0.4, 0.5) is 0 Å². The van der Waals surface area contributed by atoms with Crippen molar-refractivity contribution in [2.45, 2.75) is 0 Å². The van der Waals surface area contributed by atoms with E-state index in [0.29, 0.717) is 0 Å². The van der Waals surface area contributed by atoms with E-state index in [1.807, 2.05) is 67.0 Å². The molecule has 0 aliphatic rings. The second-order valence-electron chi connectivity index (χ2n) is 6.17. The van der Waals surface area contributed by atoms with Crippen LogP contribution < -0.4 is 10.3 Å². The first kappa shape index (κ1) is 13.9. The van der Waals surface area contributed by atoms with Gasteiger partial charge in [0.25, 0.3) is 0 Å². The monoisotopic (exact) mass is 323 g/mol. The smallest absolute Gasteiger partial charge is 0.196 e. The maximum Gasteiger partial charge on any atom is 0.508 e. The zero-order chi connectivity index (χ0) is 16.8. The summed E-state index contributed by atoms with van der Waals surface area (Å²) in [6, 6.07) is 26.4.